The minimum absolute atomic E-state index is 0.117. The summed E-state index contributed by atoms with van der Waals surface area (Å²) in [4.78, 5) is 11.7. The number of amides is 1. The molecule has 2 aromatic rings. The molecule has 0 saturated heterocycles. The summed E-state index contributed by atoms with van der Waals surface area (Å²) in [5, 5.41) is 2.97. The van der Waals surface area contributed by atoms with Crippen LogP contribution in [0.5, 0.6) is 5.75 Å². The Morgan fingerprint density at radius 3 is 2.52 bits per heavy atom. The second-order valence-electron chi connectivity index (χ2n) is 5.71. The number of hydrogen-bond acceptors (Lipinski definition) is 3. The Morgan fingerprint density at radius 1 is 1.22 bits per heavy atom. The van der Waals surface area contributed by atoms with Gasteiger partial charge in [-0.25, -0.2) is 4.39 Å². The summed E-state index contributed by atoms with van der Waals surface area (Å²) < 4.78 is 19.7. The zero-order valence-electron chi connectivity index (χ0n) is 12.7. The Bertz CT molecular complexity index is 687. The predicted octanol–water partition coefficient (Wildman–Crippen LogP) is 3.40. The number of hydrogen-bond donors (Lipinski definition) is 2. The van der Waals surface area contributed by atoms with E-state index in [1.54, 1.807) is 24.3 Å². The van der Waals surface area contributed by atoms with Gasteiger partial charge in [-0.1, -0.05) is 30.3 Å². The molecule has 3 rings (SSSR count). The molecule has 4 nitrogen and oxygen atoms in total. The lowest BCUT2D eigenvalue weighted by atomic mass is 9.96. The second-order valence-corrected chi connectivity index (χ2v) is 5.71. The third kappa shape index (κ3) is 3.62. The van der Waals surface area contributed by atoms with Crippen molar-refractivity contribution in [3.63, 3.8) is 0 Å². The highest BCUT2D eigenvalue weighted by molar-refractivity contribution is 5.84. The molecule has 0 heterocycles. The van der Waals surface area contributed by atoms with E-state index < -0.39 is 17.8 Å². The van der Waals surface area contributed by atoms with Crippen molar-refractivity contribution in [2.75, 3.05) is 5.32 Å². The van der Waals surface area contributed by atoms with Gasteiger partial charge in [0.1, 0.15) is 6.04 Å². The van der Waals surface area contributed by atoms with Crippen molar-refractivity contribution in [2.24, 2.45) is 5.73 Å². The first kappa shape index (κ1) is 15.3. The highest BCUT2D eigenvalue weighted by Gasteiger charge is 2.21. The van der Waals surface area contributed by atoms with Crippen LogP contribution in [0, 0.1) is 5.82 Å². The highest BCUT2D eigenvalue weighted by Crippen LogP contribution is 2.29. The monoisotopic (exact) mass is 314 g/mol. The Labute approximate surface area is 134 Å². The molecule has 0 aromatic heterocycles. The second kappa shape index (κ2) is 6.69. The summed E-state index contributed by atoms with van der Waals surface area (Å²) in [6.07, 6.45) is 3.18. The molecule has 0 spiro atoms. The van der Waals surface area contributed by atoms with Crippen LogP contribution in [0.2, 0.25) is 0 Å². The molecular formula is C18H19FN2O2. The van der Waals surface area contributed by atoms with E-state index in [-0.39, 0.29) is 11.9 Å². The highest BCUT2D eigenvalue weighted by atomic mass is 19.1. The molecular weight excluding hydrogens is 295 g/mol. The standard InChI is InChI=1S/C18H19FN2O2/c19-15-11-13(9-10-16(15)23-14-7-4-8-14)21-17(18(20)22)12-5-2-1-3-6-12/h1-3,5-6,9-11,14,17,21H,4,7-8H2,(H2,20,22)/t17-/m1/s1. The molecule has 0 bridgehead atoms. The number of carbonyl (C=O) groups is 1. The van der Waals surface area contributed by atoms with Crippen molar-refractivity contribution in [1.29, 1.82) is 0 Å². The Kier molecular flexibility index (Phi) is 4.46. The number of halogens is 1. The summed E-state index contributed by atoms with van der Waals surface area (Å²) in [5.74, 6) is -0.722. The molecule has 3 N–H and O–H groups in total. The van der Waals surface area contributed by atoms with Gasteiger partial charge in [-0.05, 0) is 37.0 Å². The molecule has 0 radical (unpaired) electrons. The summed E-state index contributed by atoms with van der Waals surface area (Å²) in [5.41, 5.74) is 6.67. The molecule has 0 aliphatic heterocycles. The van der Waals surface area contributed by atoms with E-state index in [1.807, 2.05) is 18.2 Å². The normalized spacial score (nSPS) is 15.5. The smallest absolute Gasteiger partial charge is 0.244 e. The molecule has 1 amide bonds. The Balaban J connectivity index is 1.75. The van der Waals surface area contributed by atoms with Gasteiger partial charge in [0.05, 0.1) is 6.10 Å². The maximum Gasteiger partial charge on any atom is 0.244 e. The van der Waals surface area contributed by atoms with Crippen LogP contribution in [-0.2, 0) is 4.79 Å². The predicted molar refractivity (Wildman–Crippen MR) is 86.7 cm³/mol. The number of primary amides is 1. The van der Waals surface area contributed by atoms with E-state index >= 15 is 0 Å². The van der Waals surface area contributed by atoms with Crippen molar-refractivity contribution in [2.45, 2.75) is 31.4 Å². The van der Waals surface area contributed by atoms with Gasteiger partial charge in [0.2, 0.25) is 5.91 Å². The molecule has 0 unspecified atom stereocenters. The van der Waals surface area contributed by atoms with E-state index in [4.69, 9.17) is 10.5 Å². The lowest BCUT2D eigenvalue weighted by molar-refractivity contribution is -0.118. The van der Waals surface area contributed by atoms with Crippen LogP contribution in [-0.4, -0.2) is 12.0 Å². The number of ether oxygens (including phenoxy) is 1. The van der Waals surface area contributed by atoms with Gasteiger partial charge in [0.15, 0.2) is 11.6 Å². The van der Waals surface area contributed by atoms with E-state index in [1.165, 1.54) is 6.07 Å². The third-order valence-corrected chi connectivity index (χ3v) is 4.01. The molecule has 120 valence electrons. The molecule has 1 fully saturated rings. The summed E-state index contributed by atoms with van der Waals surface area (Å²) >= 11 is 0. The number of nitrogens with two attached hydrogens (primary N) is 1. The van der Waals surface area contributed by atoms with Gasteiger partial charge in [-0.2, -0.15) is 0 Å². The van der Waals surface area contributed by atoms with Crippen LogP contribution in [0.3, 0.4) is 0 Å². The molecule has 1 atom stereocenters. The fourth-order valence-corrected chi connectivity index (χ4v) is 2.49. The van der Waals surface area contributed by atoms with Crippen LogP contribution in [0.1, 0.15) is 30.9 Å². The molecule has 5 heteroatoms. The average molecular weight is 314 g/mol. The van der Waals surface area contributed by atoms with Crippen molar-refractivity contribution < 1.29 is 13.9 Å². The zero-order chi connectivity index (χ0) is 16.2. The van der Waals surface area contributed by atoms with E-state index in [0.29, 0.717) is 5.69 Å². The first-order valence-corrected chi connectivity index (χ1v) is 7.70. The number of nitrogens with one attached hydrogen (secondary N) is 1. The molecule has 23 heavy (non-hydrogen) atoms. The van der Waals surface area contributed by atoms with Crippen molar-refractivity contribution in [3.8, 4) is 5.75 Å². The first-order chi connectivity index (χ1) is 11.1. The Morgan fingerprint density at radius 2 is 1.96 bits per heavy atom. The van der Waals surface area contributed by atoms with Gasteiger partial charge in [-0.3, -0.25) is 4.79 Å². The quantitative estimate of drug-likeness (QED) is 0.859. The number of anilines is 1. The van der Waals surface area contributed by atoms with Crippen LogP contribution < -0.4 is 15.8 Å². The molecule has 1 saturated carbocycles. The maximum atomic E-state index is 14.1. The fourth-order valence-electron chi connectivity index (χ4n) is 2.49. The summed E-state index contributed by atoms with van der Waals surface area (Å²) in [6.45, 7) is 0. The molecule has 1 aliphatic rings. The Hall–Kier alpha value is -2.56. The lowest BCUT2D eigenvalue weighted by Crippen LogP contribution is -2.27. The van der Waals surface area contributed by atoms with Crippen molar-refractivity contribution in [3.05, 3.63) is 59.9 Å². The van der Waals surface area contributed by atoms with Gasteiger partial charge in [0, 0.05) is 11.8 Å². The van der Waals surface area contributed by atoms with Gasteiger partial charge in [-0.15, -0.1) is 0 Å². The van der Waals surface area contributed by atoms with Gasteiger partial charge in [0.25, 0.3) is 0 Å². The lowest BCUT2D eigenvalue weighted by Gasteiger charge is -2.26. The fraction of sp³-hybridized carbons (Fsp3) is 0.278. The van der Waals surface area contributed by atoms with Crippen molar-refractivity contribution >= 4 is 11.6 Å². The number of carbonyl (C=O) groups excluding carboxylic acids is 1. The minimum atomic E-state index is -0.714. The number of benzene rings is 2. The largest absolute Gasteiger partial charge is 0.487 e. The van der Waals surface area contributed by atoms with Crippen LogP contribution in [0.25, 0.3) is 0 Å². The van der Waals surface area contributed by atoms with Crippen LogP contribution in [0.15, 0.2) is 48.5 Å². The third-order valence-electron chi connectivity index (χ3n) is 4.01. The van der Waals surface area contributed by atoms with Gasteiger partial charge >= 0.3 is 0 Å². The molecule has 1 aliphatic carbocycles. The topological polar surface area (TPSA) is 64.4 Å². The molecule has 2 aromatic carbocycles. The van der Waals surface area contributed by atoms with Crippen molar-refractivity contribution in [1.82, 2.24) is 0 Å². The van der Waals surface area contributed by atoms with E-state index in [2.05, 4.69) is 5.32 Å². The van der Waals surface area contributed by atoms with E-state index in [9.17, 15) is 9.18 Å². The van der Waals surface area contributed by atoms with Gasteiger partial charge < -0.3 is 15.8 Å². The maximum absolute atomic E-state index is 14.1. The minimum Gasteiger partial charge on any atom is -0.487 e. The first-order valence-electron chi connectivity index (χ1n) is 7.70. The summed E-state index contributed by atoms with van der Waals surface area (Å²) in [6, 6.07) is 13.0. The summed E-state index contributed by atoms with van der Waals surface area (Å²) in [7, 11) is 0. The zero-order valence-corrected chi connectivity index (χ0v) is 12.7. The van der Waals surface area contributed by atoms with Crippen LogP contribution in [0.4, 0.5) is 10.1 Å². The van der Waals surface area contributed by atoms with Crippen LogP contribution >= 0.6 is 0 Å². The number of rotatable bonds is 6. The SMILES string of the molecule is NC(=O)[C@H](Nc1ccc(OC2CCC2)c(F)c1)c1ccccc1. The van der Waals surface area contributed by atoms with E-state index in [0.717, 1.165) is 24.8 Å². The average Bonchev–Trinajstić information content (AvgIpc) is 2.50.